The fourth-order valence-electron chi connectivity index (χ4n) is 12.3. The number of hydrogen-bond donors (Lipinski definition) is 4. The second kappa shape index (κ2) is 25.9. The first-order valence-electron chi connectivity index (χ1n) is 29.7. The third-order valence-corrected chi connectivity index (χ3v) is 18.9. The summed E-state index contributed by atoms with van der Waals surface area (Å²) in [4.78, 5) is 91.3. The number of ether oxygens (including phenoxy) is 1. The van der Waals surface area contributed by atoms with E-state index in [4.69, 9.17) is 16.3 Å². The van der Waals surface area contributed by atoms with Crippen LogP contribution in [0.5, 0.6) is 11.5 Å². The molecular formula is C65H69ClN10O10S. The first-order valence-corrected chi connectivity index (χ1v) is 31.6. The number of nitro benzene ring substituents is 1. The molecule has 4 N–H and O–H groups in total. The van der Waals surface area contributed by atoms with E-state index in [2.05, 4.69) is 77.8 Å². The number of H-pyrrole nitrogens is 1. The Bertz CT molecular complexity index is 3890. The first-order chi connectivity index (χ1) is 41.8. The van der Waals surface area contributed by atoms with Crippen LogP contribution in [0, 0.1) is 33.3 Å². The maximum Gasteiger partial charge on any atom is 0.293 e. The van der Waals surface area contributed by atoms with Crippen molar-refractivity contribution >= 4 is 84.8 Å². The smallest absolute Gasteiger partial charge is 0.293 e. The predicted octanol–water partition coefficient (Wildman–Crippen LogP) is 9.96. The molecule has 4 aliphatic heterocycles. The van der Waals surface area contributed by atoms with Gasteiger partial charge in [0.15, 0.2) is 0 Å². The SMILES string of the molecule is CC1(C)CCC(CN2CCN(c3ccc(C(=O)NS(=O)(=O)c4ccc(NCC5CCN(CCCCCC#Cc6ccc7c(c6)C(=O)N(C6CCC(=O)NC6=O)C7=O)CC5)c([N+](=O)[O-])c4)c(Oc4cnc5[nH]ccc5c4)c3)CC2)=C(c2ccc(Cl)cc2)C1. The van der Waals surface area contributed by atoms with Crippen LogP contribution < -0.4 is 25.0 Å². The van der Waals surface area contributed by atoms with Gasteiger partial charge in [-0.3, -0.25) is 49.2 Å². The Hall–Kier alpha value is -8.42. The number of likely N-dealkylation sites (tertiary alicyclic amines) is 1. The number of nitrogens with zero attached hydrogens (tertiary/aromatic N) is 6. The number of halogens is 1. The van der Waals surface area contributed by atoms with Gasteiger partial charge < -0.3 is 24.8 Å². The Labute approximate surface area is 510 Å². The minimum Gasteiger partial charge on any atom is -0.455 e. The van der Waals surface area contributed by atoms with E-state index in [1.54, 1.807) is 42.6 Å². The zero-order valence-electron chi connectivity index (χ0n) is 48.7. The number of fused-ring (bicyclic) bond motifs is 2. The average molecular weight is 1220 g/mol. The van der Waals surface area contributed by atoms with E-state index >= 15 is 0 Å². The largest absolute Gasteiger partial charge is 0.455 e. The lowest BCUT2D eigenvalue weighted by molar-refractivity contribution is -0.384. The summed E-state index contributed by atoms with van der Waals surface area (Å²) in [6.45, 7) is 11.6. The molecule has 2 aromatic heterocycles. The number of amides is 5. The number of aromatic amines is 1. The number of piperidine rings is 2. The molecular weight excluding hydrogens is 1150 g/mol. The number of imide groups is 2. The molecule has 3 fully saturated rings. The summed E-state index contributed by atoms with van der Waals surface area (Å²) in [7, 11) is -4.63. The van der Waals surface area contributed by atoms with E-state index in [1.165, 1.54) is 41.1 Å². The van der Waals surface area contributed by atoms with Crippen LogP contribution >= 0.6 is 11.6 Å². The molecule has 452 valence electrons. The average Bonchev–Trinajstić information content (AvgIpc) is 2.97. The number of rotatable bonds is 19. The summed E-state index contributed by atoms with van der Waals surface area (Å²) in [5.41, 5.74) is 6.39. The molecule has 87 heavy (non-hydrogen) atoms. The number of benzene rings is 4. The van der Waals surface area contributed by atoms with E-state index in [0.29, 0.717) is 48.0 Å². The second-order valence-corrected chi connectivity index (χ2v) is 26.0. The number of aromatic nitrogens is 2. The van der Waals surface area contributed by atoms with Crippen LogP contribution in [-0.2, 0) is 19.6 Å². The molecule has 6 heterocycles. The van der Waals surface area contributed by atoms with Crippen LogP contribution in [0.1, 0.15) is 127 Å². The normalized spacial score (nSPS) is 18.5. The molecule has 4 aromatic carbocycles. The molecule has 1 aliphatic carbocycles. The Morgan fingerprint density at radius 3 is 2.41 bits per heavy atom. The number of nitro groups is 1. The van der Waals surface area contributed by atoms with Crippen molar-refractivity contribution in [3.05, 3.63) is 152 Å². The number of carbonyl (C=O) groups excluding carboxylic acids is 5. The molecule has 1 atom stereocenters. The highest BCUT2D eigenvalue weighted by molar-refractivity contribution is 7.90. The van der Waals surface area contributed by atoms with Crippen LogP contribution in [-0.4, -0.2) is 132 Å². The van der Waals surface area contributed by atoms with Crippen LogP contribution in [0.4, 0.5) is 17.1 Å². The summed E-state index contributed by atoms with van der Waals surface area (Å²) in [6.07, 6.45) is 11.8. The van der Waals surface area contributed by atoms with Crippen molar-refractivity contribution in [2.24, 2.45) is 11.3 Å². The Morgan fingerprint density at radius 1 is 0.862 bits per heavy atom. The topological polar surface area (TPSA) is 250 Å². The van der Waals surface area contributed by atoms with E-state index in [9.17, 15) is 42.5 Å². The minimum absolute atomic E-state index is 0.0508. The van der Waals surface area contributed by atoms with Gasteiger partial charge in [-0.05, 0) is 160 Å². The van der Waals surface area contributed by atoms with Gasteiger partial charge in [-0.2, -0.15) is 0 Å². The highest BCUT2D eigenvalue weighted by atomic mass is 35.5. The fraction of sp³-hybridized carbons (Fsp3) is 0.385. The second-order valence-electron chi connectivity index (χ2n) is 23.9. The van der Waals surface area contributed by atoms with Crippen molar-refractivity contribution in [1.29, 1.82) is 0 Å². The molecule has 0 spiro atoms. The molecule has 20 nitrogen and oxygen atoms in total. The van der Waals surface area contributed by atoms with Crippen molar-refractivity contribution in [2.45, 2.75) is 95.4 Å². The molecule has 0 saturated carbocycles. The number of sulfonamides is 1. The Morgan fingerprint density at radius 2 is 1.64 bits per heavy atom. The van der Waals surface area contributed by atoms with Crippen LogP contribution in [0.25, 0.3) is 16.6 Å². The first kappa shape index (κ1) is 60.3. The fourth-order valence-corrected chi connectivity index (χ4v) is 13.4. The third kappa shape index (κ3) is 14.1. The summed E-state index contributed by atoms with van der Waals surface area (Å²) in [5.74, 6) is 3.75. The highest BCUT2D eigenvalue weighted by Gasteiger charge is 2.45. The van der Waals surface area contributed by atoms with E-state index in [0.717, 1.165) is 113 Å². The molecule has 11 rings (SSSR count). The monoisotopic (exact) mass is 1220 g/mol. The van der Waals surface area contributed by atoms with Gasteiger partial charge in [0.1, 0.15) is 28.9 Å². The molecule has 22 heteroatoms. The maximum absolute atomic E-state index is 14.2. The minimum atomic E-state index is -4.63. The Kier molecular flexibility index (Phi) is 17.9. The van der Waals surface area contributed by atoms with Gasteiger partial charge in [-0.1, -0.05) is 61.4 Å². The lowest BCUT2D eigenvalue weighted by Crippen LogP contribution is -2.54. The molecule has 3 saturated heterocycles. The van der Waals surface area contributed by atoms with Crippen molar-refractivity contribution < 1.29 is 42.1 Å². The zero-order valence-corrected chi connectivity index (χ0v) is 50.2. The zero-order chi connectivity index (χ0) is 61.0. The number of hydrogen-bond acceptors (Lipinski definition) is 15. The van der Waals surface area contributed by atoms with Crippen LogP contribution in [0.3, 0.4) is 0 Å². The van der Waals surface area contributed by atoms with Crippen LogP contribution in [0.15, 0.2) is 114 Å². The molecule has 1 unspecified atom stereocenters. The summed E-state index contributed by atoms with van der Waals surface area (Å²) < 4.78 is 36.5. The third-order valence-electron chi connectivity index (χ3n) is 17.3. The van der Waals surface area contributed by atoms with Gasteiger partial charge >= 0.3 is 0 Å². The van der Waals surface area contributed by atoms with Gasteiger partial charge in [0, 0.05) is 92.1 Å². The van der Waals surface area contributed by atoms with Gasteiger partial charge in [0.05, 0.1) is 32.7 Å². The van der Waals surface area contributed by atoms with Crippen molar-refractivity contribution in [3.63, 3.8) is 0 Å². The number of unbranched alkanes of at least 4 members (excludes halogenated alkanes) is 3. The van der Waals surface area contributed by atoms with Crippen LogP contribution in [0.2, 0.25) is 5.02 Å². The summed E-state index contributed by atoms with van der Waals surface area (Å²) in [5, 5.41) is 19.4. The van der Waals surface area contributed by atoms with E-state index in [1.807, 2.05) is 18.2 Å². The maximum atomic E-state index is 14.2. The quantitative estimate of drug-likeness (QED) is 0.0194. The van der Waals surface area contributed by atoms with E-state index in [-0.39, 0.29) is 52.3 Å². The number of carbonyl (C=O) groups is 5. The van der Waals surface area contributed by atoms with Crippen molar-refractivity contribution in [3.8, 4) is 23.3 Å². The number of piperazine rings is 1. The Balaban J connectivity index is 0.663. The standard InChI is InChI=1S/C65H69ClN10O10S/c1-65(2)25-21-46(54(38-65)44-10-12-47(66)13-11-44)41-73-30-32-74(33-31-73)48-14-17-52(58(36-48)86-49-35-45-22-26-67-60(45)69-40-49)61(78)71-87(84,85)50-15-18-55(57(37-50)76(82)83)68-39-43-23-28-72(29-24-43)27-7-5-3-4-6-8-42-9-16-51-53(34-42)64(81)75(63(51)80)56-19-20-59(77)70-62(56)79/h9-18,22,26,34-37,40,43,56,68H,3-5,7,19-21,23-25,27-33,38-39,41H2,1-2H3,(H,67,69)(H,71,78)(H,70,77,79). The van der Waals surface area contributed by atoms with Gasteiger partial charge in [0.25, 0.3) is 33.4 Å². The summed E-state index contributed by atoms with van der Waals surface area (Å²) in [6, 6.07) is 24.2. The van der Waals surface area contributed by atoms with Gasteiger partial charge in [0.2, 0.25) is 11.8 Å². The number of nitrogens with one attached hydrogen (secondary N) is 4. The molecule has 5 amide bonds. The molecule has 0 bridgehead atoms. The highest BCUT2D eigenvalue weighted by Crippen LogP contribution is 2.44. The van der Waals surface area contributed by atoms with Crippen molar-refractivity contribution in [2.75, 3.05) is 69.1 Å². The molecule has 5 aliphatic rings. The number of allylic oxidation sites excluding steroid dienone is 1. The lowest BCUT2D eigenvalue weighted by atomic mass is 9.72. The van der Waals surface area contributed by atoms with Gasteiger partial charge in [-0.15, -0.1) is 0 Å². The van der Waals surface area contributed by atoms with Crippen molar-refractivity contribution in [1.82, 2.24) is 34.7 Å². The number of pyridine rings is 1. The summed E-state index contributed by atoms with van der Waals surface area (Å²) >= 11 is 6.27. The van der Waals surface area contributed by atoms with Gasteiger partial charge in [-0.25, -0.2) is 18.1 Å². The predicted molar refractivity (Wildman–Crippen MR) is 331 cm³/mol. The number of anilines is 2. The molecule has 6 aromatic rings. The van der Waals surface area contributed by atoms with E-state index < -0.39 is 61.1 Å². The molecule has 0 radical (unpaired) electrons. The lowest BCUT2D eigenvalue weighted by Gasteiger charge is -2.39.